The number of fused-ring (bicyclic) bond motifs is 1. The molecular formula is C17H25N3O2S. The molecule has 1 aliphatic heterocycles. The van der Waals surface area contributed by atoms with E-state index in [-0.39, 0.29) is 11.9 Å². The Hall–Kier alpha value is -1.37. The average Bonchev–Trinajstić information content (AvgIpc) is 3.05. The number of carbonyl (C=O) groups excluding carboxylic acids is 1. The molecule has 2 N–H and O–H groups in total. The number of carbonyl (C=O) groups is 1. The molecule has 0 aromatic carbocycles. The van der Waals surface area contributed by atoms with E-state index in [4.69, 9.17) is 4.74 Å². The Bertz CT molecular complexity index is 685. The van der Waals surface area contributed by atoms with Crippen LogP contribution >= 0.6 is 11.3 Å². The molecule has 6 heteroatoms. The maximum atomic E-state index is 12.6. The van der Waals surface area contributed by atoms with E-state index in [1.807, 2.05) is 6.92 Å². The van der Waals surface area contributed by atoms with Crippen molar-refractivity contribution in [1.29, 1.82) is 0 Å². The van der Waals surface area contributed by atoms with E-state index < -0.39 is 0 Å². The predicted octanol–water partition coefficient (Wildman–Crippen LogP) is 2.90. The number of morpholine rings is 1. The maximum Gasteiger partial charge on any atom is 0.268 e. The quantitative estimate of drug-likeness (QED) is 0.883. The van der Waals surface area contributed by atoms with E-state index in [1.54, 1.807) is 11.3 Å². The van der Waals surface area contributed by atoms with Gasteiger partial charge in [0.1, 0.15) is 5.69 Å². The van der Waals surface area contributed by atoms with Crippen LogP contribution in [0, 0.1) is 6.92 Å². The van der Waals surface area contributed by atoms with Crippen LogP contribution in [0.4, 0.5) is 0 Å². The van der Waals surface area contributed by atoms with Crippen LogP contribution in [-0.4, -0.2) is 48.1 Å². The monoisotopic (exact) mass is 335 g/mol. The number of nitrogens with zero attached hydrogens (tertiary/aromatic N) is 1. The zero-order chi connectivity index (χ0) is 16.4. The number of aromatic amines is 1. The van der Waals surface area contributed by atoms with Crippen molar-refractivity contribution in [3.05, 3.63) is 22.2 Å². The molecule has 2 aromatic heterocycles. The molecule has 1 amide bonds. The second-order valence-electron chi connectivity index (χ2n) is 6.25. The Labute approximate surface area is 141 Å². The summed E-state index contributed by atoms with van der Waals surface area (Å²) >= 11 is 1.76. The largest absolute Gasteiger partial charge is 0.379 e. The second-order valence-corrected chi connectivity index (χ2v) is 7.51. The summed E-state index contributed by atoms with van der Waals surface area (Å²) in [5.74, 6) is 0.00339. The molecule has 0 unspecified atom stereocenters. The summed E-state index contributed by atoms with van der Waals surface area (Å²) in [6.07, 6.45) is 0.929. The van der Waals surface area contributed by atoms with Crippen molar-refractivity contribution < 1.29 is 9.53 Å². The van der Waals surface area contributed by atoms with Crippen molar-refractivity contribution in [3.63, 3.8) is 0 Å². The van der Waals surface area contributed by atoms with Crippen LogP contribution in [0.2, 0.25) is 0 Å². The summed E-state index contributed by atoms with van der Waals surface area (Å²) in [7, 11) is 0. The topological polar surface area (TPSA) is 57.4 Å². The number of thiophene rings is 1. The molecular weight excluding hydrogens is 310 g/mol. The van der Waals surface area contributed by atoms with Gasteiger partial charge in [-0.25, -0.2) is 0 Å². The molecule has 5 nitrogen and oxygen atoms in total. The molecule has 2 aromatic rings. The minimum absolute atomic E-state index is 0.00339. The summed E-state index contributed by atoms with van der Waals surface area (Å²) in [6, 6.07) is 2.31. The van der Waals surface area contributed by atoms with Crippen molar-refractivity contribution in [2.75, 3.05) is 26.3 Å². The summed E-state index contributed by atoms with van der Waals surface area (Å²) in [6.45, 7) is 10.4. The van der Waals surface area contributed by atoms with Gasteiger partial charge in [-0.3, -0.25) is 9.69 Å². The minimum Gasteiger partial charge on any atom is -0.379 e. The van der Waals surface area contributed by atoms with Crippen molar-refractivity contribution in [1.82, 2.24) is 15.2 Å². The van der Waals surface area contributed by atoms with Crippen LogP contribution < -0.4 is 5.32 Å². The first-order valence-corrected chi connectivity index (χ1v) is 9.12. The summed E-state index contributed by atoms with van der Waals surface area (Å²) in [4.78, 5) is 19.6. The fourth-order valence-corrected chi connectivity index (χ4v) is 3.89. The number of H-pyrrole nitrogens is 1. The van der Waals surface area contributed by atoms with E-state index in [2.05, 4.69) is 35.1 Å². The van der Waals surface area contributed by atoms with Gasteiger partial charge in [0.2, 0.25) is 0 Å². The van der Waals surface area contributed by atoms with Gasteiger partial charge in [-0.2, -0.15) is 0 Å². The lowest BCUT2D eigenvalue weighted by atomic mass is 10.2. The Balaban J connectivity index is 1.91. The van der Waals surface area contributed by atoms with Crippen LogP contribution in [-0.2, 0) is 11.3 Å². The highest BCUT2D eigenvalue weighted by molar-refractivity contribution is 7.19. The van der Waals surface area contributed by atoms with Crippen LogP contribution in [0.3, 0.4) is 0 Å². The summed E-state index contributed by atoms with van der Waals surface area (Å²) in [5, 5.41) is 3.08. The van der Waals surface area contributed by atoms with Gasteiger partial charge in [-0.1, -0.05) is 6.92 Å². The number of aryl methyl sites for hydroxylation is 1. The van der Waals surface area contributed by atoms with Gasteiger partial charge in [-0.05, 0) is 26.3 Å². The van der Waals surface area contributed by atoms with Gasteiger partial charge in [0.05, 0.1) is 23.4 Å². The molecule has 0 bridgehead atoms. The van der Waals surface area contributed by atoms with Crippen LogP contribution in [0.25, 0.3) is 10.2 Å². The number of nitrogens with one attached hydrogen (secondary N) is 2. The third kappa shape index (κ3) is 3.59. The fourth-order valence-electron chi connectivity index (χ4n) is 2.88. The molecule has 1 fully saturated rings. The molecule has 1 saturated heterocycles. The molecule has 0 aliphatic carbocycles. The first-order chi connectivity index (χ1) is 11.1. The summed E-state index contributed by atoms with van der Waals surface area (Å²) < 4.78 is 6.64. The Morgan fingerprint density at radius 3 is 2.91 bits per heavy atom. The van der Waals surface area contributed by atoms with Gasteiger partial charge in [0.25, 0.3) is 5.91 Å². The number of rotatable bonds is 5. The molecule has 3 rings (SSSR count). The highest BCUT2D eigenvalue weighted by atomic mass is 32.1. The highest BCUT2D eigenvalue weighted by Crippen LogP contribution is 2.31. The van der Waals surface area contributed by atoms with Gasteiger partial charge < -0.3 is 15.0 Å². The van der Waals surface area contributed by atoms with E-state index in [0.29, 0.717) is 0 Å². The van der Waals surface area contributed by atoms with Gasteiger partial charge in [0.15, 0.2) is 0 Å². The number of amides is 1. The van der Waals surface area contributed by atoms with Gasteiger partial charge >= 0.3 is 0 Å². The fraction of sp³-hybridized carbons (Fsp3) is 0.588. The first-order valence-electron chi connectivity index (χ1n) is 8.30. The number of hydrogen-bond donors (Lipinski definition) is 2. The Morgan fingerprint density at radius 2 is 2.22 bits per heavy atom. The number of ether oxygens (including phenoxy) is 1. The van der Waals surface area contributed by atoms with Gasteiger partial charge in [0, 0.05) is 36.1 Å². The Morgan fingerprint density at radius 1 is 1.48 bits per heavy atom. The zero-order valence-corrected chi connectivity index (χ0v) is 14.9. The molecule has 0 radical (unpaired) electrons. The average molecular weight is 335 g/mol. The van der Waals surface area contributed by atoms with E-state index in [1.165, 1.54) is 9.58 Å². The third-order valence-corrected chi connectivity index (χ3v) is 5.50. The molecule has 0 spiro atoms. The molecule has 23 heavy (non-hydrogen) atoms. The number of aromatic nitrogens is 1. The van der Waals surface area contributed by atoms with E-state index >= 15 is 0 Å². The van der Waals surface area contributed by atoms with Crippen molar-refractivity contribution in [3.8, 4) is 0 Å². The molecule has 1 atom stereocenters. The normalized spacial score (nSPS) is 17.5. The molecule has 126 valence electrons. The minimum atomic E-state index is 0.00339. The lowest BCUT2D eigenvalue weighted by Crippen LogP contribution is -2.37. The second kappa shape index (κ2) is 7.03. The molecule has 1 aliphatic rings. The summed E-state index contributed by atoms with van der Waals surface area (Å²) in [5.41, 5.74) is 2.92. The maximum absolute atomic E-state index is 12.6. The molecule has 3 heterocycles. The lowest BCUT2D eigenvalue weighted by Gasteiger charge is -2.26. The Kier molecular flexibility index (Phi) is 5.04. The standard InChI is InChI=1S/C17H25N3O2S/c1-4-11(2)18-17(21)15-13(10-20-5-7-22-8-6-20)16-14(19-15)9-12(3)23-16/h9,11,19H,4-8,10H2,1-3H3,(H,18,21)/t11-/m1/s1. The van der Waals surface area contributed by atoms with Crippen LogP contribution in [0.5, 0.6) is 0 Å². The number of hydrogen-bond acceptors (Lipinski definition) is 4. The van der Waals surface area contributed by atoms with E-state index in [0.717, 1.165) is 56.0 Å². The lowest BCUT2D eigenvalue weighted by molar-refractivity contribution is 0.0342. The zero-order valence-electron chi connectivity index (χ0n) is 14.1. The van der Waals surface area contributed by atoms with Gasteiger partial charge in [-0.15, -0.1) is 11.3 Å². The molecule has 0 saturated carbocycles. The first kappa shape index (κ1) is 16.5. The highest BCUT2D eigenvalue weighted by Gasteiger charge is 2.23. The van der Waals surface area contributed by atoms with Crippen LogP contribution in [0.15, 0.2) is 6.07 Å². The van der Waals surface area contributed by atoms with E-state index in [9.17, 15) is 4.79 Å². The SMILES string of the molecule is CC[C@@H](C)NC(=O)c1[nH]c2cc(C)sc2c1CN1CCOCC1. The van der Waals surface area contributed by atoms with Crippen LogP contribution in [0.1, 0.15) is 41.2 Å². The predicted molar refractivity (Wildman–Crippen MR) is 94.2 cm³/mol. The van der Waals surface area contributed by atoms with Crippen molar-refractivity contribution >= 4 is 27.5 Å². The van der Waals surface area contributed by atoms with Crippen molar-refractivity contribution in [2.24, 2.45) is 0 Å². The smallest absolute Gasteiger partial charge is 0.268 e. The third-order valence-electron chi connectivity index (χ3n) is 4.39. The van der Waals surface area contributed by atoms with Crippen molar-refractivity contribution in [2.45, 2.75) is 39.8 Å².